The van der Waals surface area contributed by atoms with Gasteiger partial charge in [0, 0.05) is 36.4 Å². The van der Waals surface area contributed by atoms with Crippen LogP contribution in [0.15, 0.2) is 41.4 Å². The number of anilines is 2. The normalized spacial score (nSPS) is 17.3. The summed E-state index contributed by atoms with van der Waals surface area (Å²) in [5.41, 5.74) is 1.83. The van der Waals surface area contributed by atoms with Crippen LogP contribution in [0.1, 0.15) is 61.8 Å². The van der Waals surface area contributed by atoms with E-state index in [0.717, 1.165) is 29.0 Å². The summed E-state index contributed by atoms with van der Waals surface area (Å²) >= 11 is 1.38. The van der Waals surface area contributed by atoms with Gasteiger partial charge in [0.1, 0.15) is 10.5 Å². The number of amides is 4. The molecule has 1 fully saturated rings. The Morgan fingerprint density at radius 1 is 1.17 bits per heavy atom. The number of urea groups is 1. The first-order valence-corrected chi connectivity index (χ1v) is 12.9. The third-order valence-corrected chi connectivity index (χ3v) is 7.81. The van der Waals surface area contributed by atoms with Gasteiger partial charge in [-0.2, -0.15) is 0 Å². The molecule has 8 nitrogen and oxygen atoms in total. The minimum atomic E-state index is -0.990. The van der Waals surface area contributed by atoms with Gasteiger partial charge in [0.25, 0.3) is 5.91 Å². The molecule has 3 N–H and O–H groups in total. The lowest BCUT2D eigenvalue weighted by Gasteiger charge is -2.41. The molecule has 3 heterocycles. The molecule has 4 amide bonds. The van der Waals surface area contributed by atoms with E-state index in [2.05, 4.69) is 47.8 Å². The summed E-state index contributed by atoms with van der Waals surface area (Å²) in [4.78, 5) is 46.0. The first-order valence-electron chi connectivity index (χ1n) is 12.1. The molecular formula is C27H33N5O3S. The van der Waals surface area contributed by atoms with Crippen LogP contribution < -0.4 is 16.0 Å². The Labute approximate surface area is 215 Å². The maximum Gasteiger partial charge on any atom is 0.324 e. The number of carbonyl (C=O) groups is 3. The number of benzene rings is 1. The molecule has 0 spiro atoms. The van der Waals surface area contributed by atoms with Crippen molar-refractivity contribution in [1.29, 1.82) is 0 Å². The van der Waals surface area contributed by atoms with E-state index in [9.17, 15) is 14.4 Å². The summed E-state index contributed by atoms with van der Waals surface area (Å²) in [5, 5.41) is 9.05. The number of nitrogens with one attached hydrogen (secondary N) is 3. The van der Waals surface area contributed by atoms with E-state index in [4.69, 9.17) is 0 Å². The Hall–Kier alpha value is -3.46. The van der Waals surface area contributed by atoms with Gasteiger partial charge >= 0.3 is 6.03 Å². The van der Waals surface area contributed by atoms with Crippen molar-refractivity contribution in [2.24, 2.45) is 4.99 Å². The van der Waals surface area contributed by atoms with Crippen LogP contribution in [-0.2, 0) is 10.2 Å². The molecule has 2 aromatic rings. The molecule has 0 atom stereocenters. The van der Waals surface area contributed by atoms with Crippen molar-refractivity contribution >= 4 is 51.7 Å². The van der Waals surface area contributed by atoms with Gasteiger partial charge in [-0.3, -0.25) is 19.9 Å². The molecule has 2 aliphatic heterocycles. The third-order valence-electron chi connectivity index (χ3n) is 6.33. The molecule has 0 bridgehead atoms. The second-order valence-corrected chi connectivity index (χ2v) is 11.6. The summed E-state index contributed by atoms with van der Waals surface area (Å²) in [6.07, 6.45) is 4.87. The fourth-order valence-corrected chi connectivity index (χ4v) is 5.26. The van der Waals surface area contributed by atoms with Gasteiger partial charge in [-0.25, -0.2) is 4.79 Å². The summed E-state index contributed by atoms with van der Waals surface area (Å²) < 4.78 is 0. The molecule has 0 aliphatic carbocycles. The van der Waals surface area contributed by atoms with Gasteiger partial charge in [0.15, 0.2) is 0 Å². The Kier molecular flexibility index (Phi) is 7.04. The van der Waals surface area contributed by atoms with Crippen LogP contribution in [0.25, 0.3) is 5.57 Å². The molecular weight excluding hydrogens is 474 g/mol. The predicted molar refractivity (Wildman–Crippen MR) is 146 cm³/mol. The van der Waals surface area contributed by atoms with Crippen molar-refractivity contribution in [2.75, 3.05) is 30.3 Å². The minimum Gasteiger partial charge on any atom is -0.352 e. The average Bonchev–Trinajstić information content (AvgIpc) is 3.25. The van der Waals surface area contributed by atoms with E-state index in [-0.39, 0.29) is 17.2 Å². The molecule has 1 saturated heterocycles. The van der Waals surface area contributed by atoms with E-state index in [1.165, 1.54) is 11.3 Å². The topological polar surface area (TPSA) is 103 Å². The zero-order chi connectivity index (χ0) is 26.1. The molecule has 0 unspecified atom stereocenters. The fourth-order valence-electron chi connectivity index (χ4n) is 4.16. The smallest absolute Gasteiger partial charge is 0.324 e. The molecule has 0 radical (unpaired) electrons. The highest BCUT2D eigenvalue weighted by Crippen LogP contribution is 2.38. The molecule has 9 heteroatoms. The highest BCUT2D eigenvalue weighted by molar-refractivity contribution is 7.16. The summed E-state index contributed by atoms with van der Waals surface area (Å²) in [7, 11) is 0. The Morgan fingerprint density at radius 2 is 1.94 bits per heavy atom. The predicted octanol–water partition coefficient (Wildman–Crippen LogP) is 4.90. The van der Waals surface area contributed by atoms with Crippen molar-refractivity contribution in [3.63, 3.8) is 0 Å². The fraction of sp³-hybridized carbons (Fsp3) is 0.407. The lowest BCUT2D eigenvalue weighted by atomic mass is 9.93. The van der Waals surface area contributed by atoms with Crippen LogP contribution in [0.2, 0.25) is 0 Å². The highest BCUT2D eigenvalue weighted by Gasteiger charge is 2.42. The molecule has 36 heavy (non-hydrogen) atoms. The zero-order valence-corrected chi connectivity index (χ0v) is 22.2. The Bertz CT molecular complexity index is 1250. The number of dihydropyridines is 1. The molecule has 1 aromatic heterocycles. The minimum absolute atomic E-state index is 0.196. The number of carbonyl (C=O) groups excluding carboxylic acids is 3. The van der Waals surface area contributed by atoms with Gasteiger partial charge in [-0.1, -0.05) is 39.0 Å². The summed E-state index contributed by atoms with van der Waals surface area (Å²) in [5.74, 6) is -0.471. The summed E-state index contributed by atoms with van der Waals surface area (Å²) in [6, 6.07) is 8.98. The van der Waals surface area contributed by atoms with Crippen LogP contribution in [0.3, 0.4) is 0 Å². The van der Waals surface area contributed by atoms with Crippen LogP contribution in [-0.4, -0.2) is 54.1 Å². The second kappa shape index (κ2) is 9.89. The standard InChI is InChI=1S/C27H33N5O3S/c1-26(2,3)21-15-20(23(33)32-13-12-29-24(34)27(32,4)5)22(36-21)31-25(35)30-19-10-6-8-17(14-19)18-9-7-11-28-16-18/h6,8-10,14-16H,7,11-13H2,1-5H3,(H,29,34)(H2,30,31,35). The van der Waals surface area contributed by atoms with Crippen molar-refractivity contribution in [3.05, 3.63) is 52.4 Å². The van der Waals surface area contributed by atoms with Gasteiger partial charge in [0.2, 0.25) is 5.91 Å². The SMILES string of the molecule is CC(C)(C)c1cc(C(=O)N2CCNC(=O)C2(C)C)c(NC(=O)Nc2cccc(C3=CCCN=C3)c2)s1. The number of aliphatic imine (C=N–C) groups is 1. The van der Waals surface area contributed by atoms with Crippen molar-refractivity contribution in [2.45, 2.75) is 52.0 Å². The van der Waals surface area contributed by atoms with Crippen LogP contribution >= 0.6 is 11.3 Å². The number of piperazine rings is 1. The number of thiophene rings is 1. The van der Waals surface area contributed by atoms with Crippen LogP contribution in [0.4, 0.5) is 15.5 Å². The maximum absolute atomic E-state index is 13.6. The summed E-state index contributed by atoms with van der Waals surface area (Å²) in [6.45, 7) is 11.2. The zero-order valence-electron chi connectivity index (χ0n) is 21.4. The lowest BCUT2D eigenvalue weighted by molar-refractivity contribution is -0.133. The lowest BCUT2D eigenvalue weighted by Crippen LogP contribution is -2.63. The second-order valence-electron chi connectivity index (χ2n) is 10.5. The number of hydrogen-bond donors (Lipinski definition) is 3. The van der Waals surface area contributed by atoms with Gasteiger partial charge in [0.05, 0.1) is 5.56 Å². The van der Waals surface area contributed by atoms with E-state index in [1.54, 1.807) is 18.7 Å². The highest BCUT2D eigenvalue weighted by atomic mass is 32.1. The van der Waals surface area contributed by atoms with Crippen LogP contribution in [0, 0.1) is 0 Å². The monoisotopic (exact) mass is 507 g/mol. The van der Waals surface area contributed by atoms with E-state index in [0.29, 0.717) is 29.3 Å². The van der Waals surface area contributed by atoms with Crippen molar-refractivity contribution < 1.29 is 14.4 Å². The van der Waals surface area contributed by atoms with E-state index in [1.807, 2.05) is 36.5 Å². The Balaban J connectivity index is 1.58. The molecule has 1 aromatic carbocycles. The number of allylic oxidation sites excluding steroid dienone is 1. The third kappa shape index (κ3) is 5.36. The van der Waals surface area contributed by atoms with Gasteiger partial charge in [-0.05, 0) is 55.0 Å². The molecule has 2 aliphatic rings. The first kappa shape index (κ1) is 25.6. The van der Waals surface area contributed by atoms with E-state index >= 15 is 0 Å². The molecule has 4 rings (SSSR count). The number of rotatable bonds is 4. The largest absolute Gasteiger partial charge is 0.352 e. The van der Waals surface area contributed by atoms with Crippen LogP contribution in [0.5, 0.6) is 0 Å². The average molecular weight is 508 g/mol. The number of hydrogen-bond acceptors (Lipinski definition) is 5. The van der Waals surface area contributed by atoms with Crippen molar-refractivity contribution in [3.8, 4) is 0 Å². The molecule has 0 saturated carbocycles. The van der Waals surface area contributed by atoms with Gasteiger partial charge in [-0.15, -0.1) is 11.3 Å². The quantitative estimate of drug-likeness (QED) is 0.549. The van der Waals surface area contributed by atoms with Crippen molar-refractivity contribution in [1.82, 2.24) is 10.2 Å². The maximum atomic E-state index is 13.6. The van der Waals surface area contributed by atoms with E-state index < -0.39 is 11.6 Å². The first-order chi connectivity index (χ1) is 17.0. The Morgan fingerprint density at radius 3 is 2.64 bits per heavy atom. The molecule has 190 valence electrons. The van der Waals surface area contributed by atoms with Gasteiger partial charge < -0.3 is 15.5 Å². The number of nitrogens with zero attached hydrogens (tertiary/aromatic N) is 2.